The van der Waals surface area contributed by atoms with Gasteiger partial charge in [0.1, 0.15) is 0 Å². The Kier molecular flexibility index (Phi) is 4.39. The topological polar surface area (TPSA) is 136 Å². The molecule has 64 valence electrons. The summed E-state index contributed by atoms with van der Waals surface area (Å²) in [4.78, 5) is 16.0. The zero-order valence-electron chi connectivity index (χ0n) is 4.85. The van der Waals surface area contributed by atoms with Gasteiger partial charge in [0.05, 0.1) is 0 Å². The van der Waals surface area contributed by atoms with Crippen molar-refractivity contribution in [1.29, 1.82) is 0 Å². The Balaban J connectivity index is 4.12. The van der Waals surface area contributed by atoms with Gasteiger partial charge in [0.15, 0.2) is 0 Å². The molecule has 0 amide bonds. The minimum Gasteiger partial charge on any atom is -0.233 e. The van der Waals surface area contributed by atoms with E-state index in [4.69, 9.17) is 9.79 Å². The van der Waals surface area contributed by atoms with Crippen molar-refractivity contribution in [3.8, 4) is 0 Å². The van der Waals surface area contributed by atoms with Gasteiger partial charge >= 0.3 is 24.3 Å². The molecule has 0 spiro atoms. The average molecular weight is 223 g/mol. The molecule has 0 rings (SSSR count). The van der Waals surface area contributed by atoms with Crippen LogP contribution in [0.5, 0.6) is 0 Å². The highest BCUT2D eigenvalue weighted by atomic mass is 31.3. The lowest BCUT2D eigenvalue weighted by atomic mass is 13.9. The SMILES string of the molecule is NP(=O)(O[P+](=O)O)O[P+](=O)O. The predicted molar refractivity (Wildman–Crippen MR) is 33.6 cm³/mol. The van der Waals surface area contributed by atoms with Gasteiger partial charge in [-0.3, -0.25) is 0 Å². The van der Waals surface area contributed by atoms with Crippen molar-refractivity contribution in [2.24, 2.45) is 5.50 Å². The lowest BCUT2D eigenvalue weighted by Crippen LogP contribution is -1.95. The quantitative estimate of drug-likeness (QED) is 0.581. The van der Waals surface area contributed by atoms with Crippen molar-refractivity contribution in [2.75, 3.05) is 0 Å². The lowest BCUT2D eigenvalue weighted by molar-refractivity contribution is 0.339. The van der Waals surface area contributed by atoms with Gasteiger partial charge in [0.25, 0.3) is 0 Å². The monoisotopic (exact) mass is 223 g/mol. The Morgan fingerprint density at radius 3 is 1.64 bits per heavy atom. The van der Waals surface area contributed by atoms with Crippen molar-refractivity contribution < 1.29 is 32.1 Å². The number of hydrogen-bond donors (Lipinski definition) is 3. The molecule has 0 saturated carbocycles. The summed E-state index contributed by atoms with van der Waals surface area (Å²) in [5, 5.41) is 0. The van der Waals surface area contributed by atoms with Gasteiger partial charge in [-0.2, -0.15) is 0 Å². The fraction of sp³-hybridized carbons (Fsp3) is 0. The third-order valence-corrected chi connectivity index (χ3v) is 3.31. The van der Waals surface area contributed by atoms with Crippen molar-refractivity contribution in [2.45, 2.75) is 0 Å². The highest BCUT2D eigenvalue weighted by Gasteiger charge is 2.41. The molecular weight excluding hydrogens is 219 g/mol. The van der Waals surface area contributed by atoms with Gasteiger partial charge in [-0.25, -0.2) is 10.1 Å². The molecule has 0 heterocycles. The molecule has 8 nitrogen and oxygen atoms in total. The van der Waals surface area contributed by atoms with Gasteiger partial charge < -0.3 is 0 Å². The first-order valence-corrected chi connectivity index (χ1v) is 5.81. The van der Waals surface area contributed by atoms with E-state index in [-0.39, 0.29) is 0 Å². The fourth-order valence-electron chi connectivity index (χ4n) is 0.210. The van der Waals surface area contributed by atoms with E-state index in [1.54, 1.807) is 0 Å². The van der Waals surface area contributed by atoms with Crippen LogP contribution in [0.1, 0.15) is 0 Å². The van der Waals surface area contributed by atoms with E-state index in [1.165, 1.54) is 0 Å². The molecule has 4 N–H and O–H groups in total. The first kappa shape index (κ1) is 11.2. The van der Waals surface area contributed by atoms with E-state index < -0.39 is 24.3 Å². The van der Waals surface area contributed by atoms with Gasteiger partial charge in [0, 0.05) is 9.13 Å². The van der Waals surface area contributed by atoms with Crippen LogP contribution in [0.4, 0.5) is 0 Å². The van der Waals surface area contributed by atoms with E-state index in [0.29, 0.717) is 0 Å². The Morgan fingerprint density at radius 2 is 1.45 bits per heavy atom. The maximum Gasteiger partial charge on any atom is 0.704 e. The van der Waals surface area contributed by atoms with Gasteiger partial charge in [-0.15, -0.1) is 9.79 Å². The molecule has 0 saturated heterocycles. The molecule has 0 aliphatic carbocycles. The summed E-state index contributed by atoms with van der Waals surface area (Å²) >= 11 is 0. The fourth-order valence-corrected chi connectivity index (χ4v) is 2.15. The van der Waals surface area contributed by atoms with Crippen LogP contribution in [0.3, 0.4) is 0 Å². The number of hydrogen-bond acceptors (Lipinski definition) is 5. The van der Waals surface area contributed by atoms with Crippen LogP contribution in [0.15, 0.2) is 0 Å². The Hall–Kier alpha value is 0.230. The molecule has 0 radical (unpaired) electrons. The first-order chi connectivity index (χ1) is 4.83. The van der Waals surface area contributed by atoms with Crippen LogP contribution in [0, 0.1) is 0 Å². The minimum absolute atomic E-state index is 3.22. The molecule has 0 bridgehead atoms. The molecule has 0 aromatic rings. The predicted octanol–water partition coefficient (Wildman–Crippen LogP) is 0.386. The Bertz CT molecular complexity index is 200. The van der Waals surface area contributed by atoms with Crippen LogP contribution < -0.4 is 5.50 Å². The molecule has 11 heavy (non-hydrogen) atoms. The summed E-state index contributed by atoms with van der Waals surface area (Å²) in [7, 11) is -10.8. The molecule has 0 aromatic carbocycles. The molecule has 0 aromatic heterocycles. The van der Waals surface area contributed by atoms with E-state index in [1.807, 2.05) is 0 Å². The highest BCUT2D eigenvalue weighted by molar-refractivity contribution is 7.63. The second kappa shape index (κ2) is 4.30. The molecule has 0 aliphatic heterocycles. The lowest BCUT2D eigenvalue weighted by Gasteiger charge is -1.90. The van der Waals surface area contributed by atoms with Crippen LogP contribution in [0.2, 0.25) is 0 Å². The first-order valence-electron chi connectivity index (χ1n) is 1.94. The molecule has 0 aliphatic rings. The highest BCUT2D eigenvalue weighted by Crippen LogP contribution is 2.52. The zero-order chi connectivity index (χ0) is 9.07. The zero-order valence-corrected chi connectivity index (χ0v) is 7.54. The summed E-state index contributed by atoms with van der Waals surface area (Å²) in [6.07, 6.45) is 0. The van der Waals surface area contributed by atoms with Crippen molar-refractivity contribution in [3.05, 3.63) is 0 Å². The standard InChI is InChI=1S/H2NO7P3/c1-11(6,7-9(2)3)8-10(4)5/h(H2-2,1,2,3,4,5,6)/p+2. The Morgan fingerprint density at radius 1 is 1.18 bits per heavy atom. The molecule has 2 atom stereocenters. The second-order valence-corrected chi connectivity index (χ2v) is 4.52. The second-order valence-electron chi connectivity index (χ2n) is 1.18. The maximum atomic E-state index is 10.5. The van der Waals surface area contributed by atoms with Crippen LogP contribution in [0.25, 0.3) is 0 Å². The van der Waals surface area contributed by atoms with Gasteiger partial charge in [0.2, 0.25) is 0 Å². The van der Waals surface area contributed by atoms with E-state index in [9.17, 15) is 13.7 Å². The Labute approximate surface area is 62.8 Å². The summed E-state index contributed by atoms with van der Waals surface area (Å²) in [6.45, 7) is 0. The van der Waals surface area contributed by atoms with Crippen molar-refractivity contribution >= 4 is 24.3 Å². The van der Waals surface area contributed by atoms with Crippen LogP contribution in [-0.4, -0.2) is 9.79 Å². The molecule has 2 unspecified atom stereocenters. The van der Waals surface area contributed by atoms with Crippen LogP contribution in [-0.2, 0) is 22.3 Å². The van der Waals surface area contributed by atoms with Crippen molar-refractivity contribution in [3.63, 3.8) is 0 Å². The maximum absolute atomic E-state index is 10.5. The largest absolute Gasteiger partial charge is 0.704 e. The smallest absolute Gasteiger partial charge is 0.233 e. The van der Waals surface area contributed by atoms with E-state index >= 15 is 0 Å². The summed E-state index contributed by atoms with van der Waals surface area (Å²) in [5.41, 5.74) is 4.54. The number of nitrogens with two attached hydrogens (primary N) is 1. The van der Waals surface area contributed by atoms with Gasteiger partial charge in [-0.05, 0) is 8.62 Å². The molecular formula is H4NO7P3+2. The third kappa shape index (κ3) is 6.62. The molecule has 11 heteroatoms. The minimum atomic E-state index is -4.37. The summed E-state index contributed by atoms with van der Waals surface area (Å²) in [5.74, 6) is 0. The average Bonchev–Trinajstić information content (AvgIpc) is 1.53. The number of rotatable bonds is 4. The van der Waals surface area contributed by atoms with E-state index in [0.717, 1.165) is 0 Å². The van der Waals surface area contributed by atoms with Gasteiger partial charge in [-0.1, -0.05) is 0 Å². The molecule has 0 fully saturated rings. The van der Waals surface area contributed by atoms with Crippen molar-refractivity contribution in [1.82, 2.24) is 0 Å². The summed E-state index contributed by atoms with van der Waals surface area (Å²) < 4.78 is 37.3. The normalized spacial score (nSPS) is 18.8. The van der Waals surface area contributed by atoms with Crippen LogP contribution >= 0.6 is 24.3 Å². The summed E-state index contributed by atoms with van der Waals surface area (Å²) in [6, 6.07) is 0. The third-order valence-electron chi connectivity index (χ3n) is 0.367. The van der Waals surface area contributed by atoms with E-state index in [2.05, 4.69) is 14.1 Å².